The summed E-state index contributed by atoms with van der Waals surface area (Å²) < 4.78 is 1.91. The Balaban J connectivity index is 1.65. The van der Waals surface area contributed by atoms with E-state index in [0.717, 1.165) is 17.2 Å². The predicted octanol–water partition coefficient (Wildman–Crippen LogP) is 2.57. The first kappa shape index (κ1) is 13.5. The lowest BCUT2D eigenvalue weighted by molar-refractivity contribution is 0.0955. The standard InChI is InChI=1S/C15H14N4OS/c1-11-16-6-7-19(11)14-5-4-12(9-17-14)10-18-15(20)13-3-2-8-21-13/h2-9H,10H2,1H3,(H,18,20). The normalized spacial score (nSPS) is 10.5. The maximum absolute atomic E-state index is 11.8. The van der Waals surface area contributed by atoms with Crippen molar-refractivity contribution in [1.82, 2.24) is 19.9 Å². The lowest BCUT2D eigenvalue weighted by atomic mass is 10.2. The molecule has 5 nitrogen and oxygen atoms in total. The summed E-state index contributed by atoms with van der Waals surface area (Å²) in [4.78, 5) is 21.1. The molecule has 3 aromatic heterocycles. The highest BCUT2D eigenvalue weighted by Crippen LogP contribution is 2.10. The maximum atomic E-state index is 11.8. The van der Waals surface area contributed by atoms with Gasteiger partial charge in [0, 0.05) is 25.1 Å². The van der Waals surface area contributed by atoms with Crippen molar-refractivity contribution in [3.63, 3.8) is 0 Å². The van der Waals surface area contributed by atoms with Gasteiger partial charge in [-0.15, -0.1) is 11.3 Å². The van der Waals surface area contributed by atoms with E-state index in [4.69, 9.17) is 0 Å². The molecule has 0 aromatic carbocycles. The summed E-state index contributed by atoms with van der Waals surface area (Å²) >= 11 is 1.43. The number of thiophene rings is 1. The van der Waals surface area contributed by atoms with Crippen molar-refractivity contribution in [3.8, 4) is 5.82 Å². The van der Waals surface area contributed by atoms with Crippen LogP contribution in [0, 0.1) is 6.92 Å². The number of imidazole rings is 1. The molecule has 3 heterocycles. The summed E-state index contributed by atoms with van der Waals surface area (Å²) in [5, 5.41) is 4.77. The third kappa shape index (κ3) is 3.00. The van der Waals surface area contributed by atoms with Crippen LogP contribution in [0.15, 0.2) is 48.2 Å². The minimum absolute atomic E-state index is 0.0560. The lowest BCUT2D eigenvalue weighted by Crippen LogP contribution is -2.21. The van der Waals surface area contributed by atoms with E-state index in [9.17, 15) is 4.79 Å². The summed E-state index contributed by atoms with van der Waals surface area (Å²) in [6, 6.07) is 7.55. The number of pyridine rings is 1. The maximum Gasteiger partial charge on any atom is 0.261 e. The van der Waals surface area contributed by atoms with E-state index in [1.54, 1.807) is 12.4 Å². The van der Waals surface area contributed by atoms with Gasteiger partial charge in [0.1, 0.15) is 11.6 Å². The number of amides is 1. The summed E-state index contributed by atoms with van der Waals surface area (Å²) in [6.07, 6.45) is 5.38. The van der Waals surface area contributed by atoms with Crippen molar-refractivity contribution < 1.29 is 4.79 Å². The Morgan fingerprint density at radius 1 is 1.33 bits per heavy atom. The van der Waals surface area contributed by atoms with Crippen LogP contribution in [0.25, 0.3) is 5.82 Å². The lowest BCUT2D eigenvalue weighted by Gasteiger charge is -2.06. The van der Waals surface area contributed by atoms with E-state index in [1.807, 2.05) is 47.3 Å². The molecule has 0 spiro atoms. The molecule has 0 saturated heterocycles. The molecule has 106 valence electrons. The van der Waals surface area contributed by atoms with Crippen molar-refractivity contribution in [2.45, 2.75) is 13.5 Å². The third-order valence-electron chi connectivity index (χ3n) is 3.08. The summed E-state index contributed by atoms with van der Waals surface area (Å²) in [7, 11) is 0. The van der Waals surface area contributed by atoms with Crippen molar-refractivity contribution in [1.29, 1.82) is 0 Å². The fraction of sp³-hybridized carbons (Fsp3) is 0.133. The Bertz CT molecular complexity index is 731. The topological polar surface area (TPSA) is 59.8 Å². The summed E-state index contributed by atoms with van der Waals surface area (Å²) in [5.41, 5.74) is 0.960. The number of rotatable bonds is 4. The zero-order chi connectivity index (χ0) is 14.7. The van der Waals surface area contributed by atoms with Crippen LogP contribution < -0.4 is 5.32 Å². The van der Waals surface area contributed by atoms with E-state index in [-0.39, 0.29) is 5.91 Å². The smallest absolute Gasteiger partial charge is 0.261 e. The largest absolute Gasteiger partial charge is 0.347 e. The molecule has 1 N–H and O–H groups in total. The van der Waals surface area contributed by atoms with Gasteiger partial charge in [0.15, 0.2) is 0 Å². The van der Waals surface area contributed by atoms with E-state index in [1.165, 1.54) is 11.3 Å². The molecule has 0 aliphatic rings. The molecule has 1 amide bonds. The molecule has 6 heteroatoms. The van der Waals surface area contributed by atoms with Crippen LogP contribution in [-0.2, 0) is 6.54 Å². The number of carbonyl (C=O) groups excluding carboxylic acids is 1. The SMILES string of the molecule is Cc1nccn1-c1ccc(CNC(=O)c2cccs2)cn1. The Hall–Kier alpha value is -2.47. The molecule has 0 unspecified atom stereocenters. The molecular weight excluding hydrogens is 284 g/mol. The van der Waals surface area contributed by atoms with Gasteiger partial charge in [-0.25, -0.2) is 9.97 Å². The van der Waals surface area contributed by atoms with Gasteiger partial charge in [-0.2, -0.15) is 0 Å². The number of aryl methyl sites for hydroxylation is 1. The van der Waals surface area contributed by atoms with Gasteiger partial charge in [0.05, 0.1) is 4.88 Å². The average Bonchev–Trinajstić information content (AvgIpc) is 3.17. The number of nitrogens with one attached hydrogen (secondary N) is 1. The van der Waals surface area contributed by atoms with E-state index in [0.29, 0.717) is 11.4 Å². The Morgan fingerprint density at radius 2 is 2.24 bits per heavy atom. The van der Waals surface area contributed by atoms with Crippen molar-refractivity contribution in [2.24, 2.45) is 0 Å². The summed E-state index contributed by atoms with van der Waals surface area (Å²) in [6.45, 7) is 2.39. The first-order valence-electron chi connectivity index (χ1n) is 6.51. The first-order valence-corrected chi connectivity index (χ1v) is 7.39. The molecule has 0 atom stereocenters. The zero-order valence-electron chi connectivity index (χ0n) is 11.5. The molecule has 0 aliphatic carbocycles. The zero-order valence-corrected chi connectivity index (χ0v) is 12.3. The third-order valence-corrected chi connectivity index (χ3v) is 3.95. The predicted molar refractivity (Wildman–Crippen MR) is 81.6 cm³/mol. The van der Waals surface area contributed by atoms with Crippen LogP contribution >= 0.6 is 11.3 Å². The van der Waals surface area contributed by atoms with Gasteiger partial charge in [-0.1, -0.05) is 12.1 Å². The van der Waals surface area contributed by atoms with Crippen molar-refractivity contribution in [2.75, 3.05) is 0 Å². The van der Waals surface area contributed by atoms with Gasteiger partial charge < -0.3 is 5.32 Å². The van der Waals surface area contributed by atoms with Gasteiger partial charge in [0.2, 0.25) is 0 Å². The van der Waals surface area contributed by atoms with Crippen LogP contribution in [-0.4, -0.2) is 20.4 Å². The van der Waals surface area contributed by atoms with Crippen LogP contribution in [0.3, 0.4) is 0 Å². The number of carbonyl (C=O) groups is 1. The molecule has 21 heavy (non-hydrogen) atoms. The Morgan fingerprint density at radius 3 is 2.86 bits per heavy atom. The second-order valence-electron chi connectivity index (χ2n) is 4.53. The van der Waals surface area contributed by atoms with Crippen molar-refractivity contribution >= 4 is 17.2 Å². The fourth-order valence-electron chi connectivity index (χ4n) is 1.96. The Kier molecular flexibility index (Phi) is 3.79. The number of nitrogens with zero attached hydrogens (tertiary/aromatic N) is 3. The second-order valence-corrected chi connectivity index (χ2v) is 5.48. The minimum atomic E-state index is -0.0560. The second kappa shape index (κ2) is 5.88. The molecule has 0 radical (unpaired) electrons. The fourth-order valence-corrected chi connectivity index (χ4v) is 2.60. The molecule has 0 fully saturated rings. The van der Waals surface area contributed by atoms with Crippen LogP contribution in [0.2, 0.25) is 0 Å². The molecule has 0 saturated carbocycles. The monoisotopic (exact) mass is 298 g/mol. The highest BCUT2D eigenvalue weighted by Gasteiger charge is 2.06. The number of aromatic nitrogens is 3. The van der Waals surface area contributed by atoms with Crippen LogP contribution in [0.5, 0.6) is 0 Å². The van der Waals surface area contributed by atoms with Crippen LogP contribution in [0.4, 0.5) is 0 Å². The highest BCUT2D eigenvalue weighted by atomic mass is 32.1. The number of hydrogen-bond donors (Lipinski definition) is 1. The number of hydrogen-bond acceptors (Lipinski definition) is 4. The Labute approximate surface area is 126 Å². The molecule has 0 bridgehead atoms. The van der Waals surface area contributed by atoms with Gasteiger partial charge in [0.25, 0.3) is 5.91 Å². The van der Waals surface area contributed by atoms with E-state index < -0.39 is 0 Å². The van der Waals surface area contributed by atoms with Gasteiger partial charge in [-0.05, 0) is 30.0 Å². The van der Waals surface area contributed by atoms with Crippen molar-refractivity contribution in [3.05, 3.63) is 64.5 Å². The van der Waals surface area contributed by atoms with Crippen LogP contribution in [0.1, 0.15) is 21.1 Å². The average molecular weight is 298 g/mol. The summed E-state index contributed by atoms with van der Waals surface area (Å²) in [5.74, 6) is 1.65. The van der Waals surface area contributed by atoms with E-state index in [2.05, 4.69) is 15.3 Å². The molecular formula is C15H14N4OS. The van der Waals surface area contributed by atoms with Gasteiger partial charge >= 0.3 is 0 Å². The minimum Gasteiger partial charge on any atom is -0.347 e. The van der Waals surface area contributed by atoms with Gasteiger partial charge in [-0.3, -0.25) is 9.36 Å². The molecule has 3 aromatic rings. The first-order chi connectivity index (χ1) is 10.2. The molecule has 3 rings (SSSR count). The highest BCUT2D eigenvalue weighted by molar-refractivity contribution is 7.12. The van der Waals surface area contributed by atoms with E-state index >= 15 is 0 Å². The quantitative estimate of drug-likeness (QED) is 0.805. The molecule has 0 aliphatic heterocycles.